The van der Waals surface area contributed by atoms with Crippen molar-refractivity contribution >= 4 is 11.6 Å². The molecule has 1 aliphatic rings. The van der Waals surface area contributed by atoms with Gasteiger partial charge in [0.15, 0.2) is 0 Å². The third-order valence-electron chi connectivity index (χ3n) is 5.08. The van der Waals surface area contributed by atoms with E-state index in [1.54, 1.807) is 12.1 Å². The van der Waals surface area contributed by atoms with Crippen molar-refractivity contribution < 1.29 is 4.79 Å². The minimum absolute atomic E-state index is 0.00228. The average Bonchev–Trinajstić information content (AvgIpc) is 3.55. The highest BCUT2D eigenvalue weighted by atomic mass is 16.2. The smallest absolute Gasteiger partial charge is 0.228 e. The SMILES string of the molecule is N#Cc1cccc([C@H]2C[C@H]2C(=O)Nc2ccc(-c3ccccc3C#N)cc2)c1. The van der Waals surface area contributed by atoms with Gasteiger partial charge in [-0.25, -0.2) is 0 Å². The predicted molar refractivity (Wildman–Crippen MR) is 107 cm³/mol. The van der Waals surface area contributed by atoms with Gasteiger partial charge >= 0.3 is 0 Å². The fourth-order valence-corrected chi connectivity index (χ4v) is 3.49. The average molecular weight is 363 g/mol. The van der Waals surface area contributed by atoms with Gasteiger partial charge in [0.2, 0.25) is 5.91 Å². The highest BCUT2D eigenvalue weighted by molar-refractivity contribution is 5.95. The molecule has 1 saturated carbocycles. The largest absolute Gasteiger partial charge is 0.326 e. The maximum absolute atomic E-state index is 12.5. The summed E-state index contributed by atoms with van der Waals surface area (Å²) in [6, 6.07) is 26.8. The highest BCUT2D eigenvalue weighted by Crippen LogP contribution is 2.48. The molecule has 0 unspecified atom stereocenters. The second-order valence-electron chi connectivity index (χ2n) is 6.91. The van der Waals surface area contributed by atoms with Crippen LogP contribution in [0.3, 0.4) is 0 Å². The van der Waals surface area contributed by atoms with Gasteiger partial charge < -0.3 is 5.32 Å². The fraction of sp³-hybridized carbons (Fsp3) is 0.125. The van der Waals surface area contributed by atoms with Crippen LogP contribution in [0.2, 0.25) is 0 Å². The van der Waals surface area contributed by atoms with Crippen LogP contribution in [0.4, 0.5) is 5.69 Å². The predicted octanol–water partition coefficient (Wildman–Crippen LogP) is 4.84. The first-order valence-electron chi connectivity index (χ1n) is 9.10. The van der Waals surface area contributed by atoms with E-state index in [-0.39, 0.29) is 17.7 Å². The Morgan fingerprint density at radius 1 is 0.929 bits per heavy atom. The van der Waals surface area contributed by atoms with Crippen LogP contribution in [0.5, 0.6) is 0 Å². The van der Waals surface area contributed by atoms with E-state index in [2.05, 4.69) is 17.5 Å². The van der Waals surface area contributed by atoms with E-state index in [1.807, 2.05) is 60.7 Å². The summed E-state index contributed by atoms with van der Waals surface area (Å²) >= 11 is 0. The van der Waals surface area contributed by atoms with Crippen molar-refractivity contribution in [2.75, 3.05) is 5.32 Å². The second-order valence-corrected chi connectivity index (χ2v) is 6.91. The molecule has 28 heavy (non-hydrogen) atoms. The van der Waals surface area contributed by atoms with Crippen LogP contribution in [0.15, 0.2) is 72.8 Å². The normalized spacial score (nSPS) is 17.2. The summed E-state index contributed by atoms with van der Waals surface area (Å²) < 4.78 is 0. The van der Waals surface area contributed by atoms with Crippen molar-refractivity contribution in [3.8, 4) is 23.3 Å². The number of rotatable bonds is 4. The lowest BCUT2D eigenvalue weighted by Crippen LogP contribution is -2.14. The van der Waals surface area contributed by atoms with Gasteiger partial charge in [-0.2, -0.15) is 10.5 Å². The van der Waals surface area contributed by atoms with Crippen molar-refractivity contribution in [3.63, 3.8) is 0 Å². The number of nitrogens with one attached hydrogen (secondary N) is 1. The van der Waals surface area contributed by atoms with Crippen molar-refractivity contribution in [3.05, 3.63) is 89.5 Å². The molecule has 4 rings (SSSR count). The number of carbonyl (C=O) groups excluding carboxylic acids is 1. The quantitative estimate of drug-likeness (QED) is 0.720. The Morgan fingerprint density at radius 2 is 1.71 bits per heavy atom. The number of hydrogen-bond donors (Lipinski definition) is 1. The summed E-state index contributed by atoms with van der Waals surface area (Å²) in [4.78, 5) is 12.5. The molecule has 1 amide bonds. The van der Waals surface area contributed by atoms with E-state index in [1.165, 1.54) is 0 Å². The van der Waals surface area contributed by atoms with Crippen LogP contribution in [0, 0.1) is 28.6 Å². The van der Waals surface area contributed by atoms with Crippen LogP contribution in [0.25, 0.3) is 11.1 Å². The van der Waals surface area contributed by atoms with E-state index >= 15 is 0 Å². The van der Waals surface area contributed by atoms with Crippen LogP contribution >= 0.6 is 0 Å². The lowest BCUT2D eigenvalue weighted by atomic mass is 10.0. The summed E-state index contributed by atoms with van der Waals surface area (Å²) in [6.07, 6.45) is 0.800. The summed E-state index contributed by atoms with van der Waals surface area (Å²) in [5.74, 6) is 0.112. The van der Waals surface area contributed by atoms with E-state index in [9.17, 15) is 10.1 Å². The second kappa shape index (κ2) is 7.39. The Hall–Kier alpha value is -3.89. The maximum atomic E-state index is 12.5. The zero-order valence-corrected chi connectivity index (χ0v) is 15.1. The molecule has 3 aromatic rings. The van der Waals surface area contributed by atoms with Crippen molar-refractivity contribution in [2.45, 2.75) is 12.3 Å². The van der Waals surface area contributed by atoms with Crippen molar-refractivity contribution in [2.24, 2.45) is 5.92 Å². The van der Waals surface area contributed by atoms with Crippen molar-refractivity contribution in [1.82, 2.24) is 0 Å². The Kier molecular flexibility index (Phi) is 4.62. The standard InChI is InChI=1S/C24H17N3O/c25-14-16-4-3-6-18(12-16)22-13-23(22)24(28)27-20-10-8-17(9-11-20)21-7-2-1-5-19(21)15-26/h1-12,22-23H,13H2,(H,27,28)/t22-,23-/m1/s1. The monoisotopic (exact) mass is 363 g/mol. The molecular weight excluding hydrogens is 346 g/mol. The third kappa shape index (κ3) is 3.49. The molecule has 4 nitrogen and oxygen atoms in total. The first-order chi connectivity index (χ1) is 13.7. The molecular formula is C24H17N3O. The van der Waals surface area contributed by atoms with Crippen LogP contribution < -0.4 is 5.32 Å². The highest BCUT2D eigenvalue weighted by Gasteiger charge is 2.44. The Labute approximate surface area is 163 Å². The number of nitrogens with zero attached hydrogens (tertiary/aromatic N) is 2. The number of nitriles is 2. The van der Waals surface area contributed by atoms with Gasteiger partial charge in [-0.15, -0.1) is 0 Å². The zero-order chi connectivity index (χ0) is 19.5. The summed E-state index contributed by atoms with van der Waals surface area (Å²) in [6.45, 7) is 0. The lowest BCUT2D eigenvalue weighted by molar-refractivity contribution is -0.117. The Bertz CT molecular complexity index is 1120. The molecule has 0 heterocycles. The molecule has 0 saturated heterocycles. The molecule has 3 aromatic carbocycles. The third-order valence-corrected chi connectivity index (χ3v) is 5.08. The van der Waals surface area contributed by atoms with E-state index in [0.717, 1.165) is 28.8 Å². The van der Waals surface area contributed by atoms with Gasteiger partial charge in [0, 0.05) is 11.6 Å². The molecule has 0 aliphatic heterocycles. The minimum atomic E-state index is -0.0621. The molecule has 0 radical (unpaired) electrons. The van der Waals surface area contributed by atoms with E-state index in [0.29, 0.717) is 11.1 Å². The summed E-state index contributed by atoms with van der Waals surface area (Å²) in [5.41, 5.74) is 4.84. The number of benzene rings is 3. The van der Waals surface area contributed by atoms with Gasteiger partial charge in [-0.05, 0) is 59.4 Å². The van der Waals surface area contributed by atoms with Gasteiger partial charge in [0.05, 0.1) is 23.3 Å². The fourth-order valence-electron chi connectivity index (χ4n) is 3.49. The lowest BCUT2D eigenvalue weighted by Gasteiger charge is -2.08. The number of amides is 1. The Balaban J connectivity index is 1.43. The van der Waals surface area contributed by atoms with Crippen LogP contribution in [-0.4, -0.2) is 5.91 Å². The minimum Gasteiger partial charge on any atom is -0.326 e. The van der Waals surface area contributed by atoms with E-state index in [4.69, 9.17) is 5.26 Å². The maximum Gasteiger partial charge on any atom is 0.228 e. The molecule has 134 valence electrons. The number of hydrogen-bond acceptors (Lipinski definition) is 3. The molecule has 0 aromatic heterocycles. The topological polar surface area (TPSA) is 76.7 Å². The van der Waals surface area contributed by atoms with Gasteiger partial charge in [0.25, 0.3) is 0 Å². The molecule has 0 bridgehead atoms. The summed E-state index contributed by atoms with van der Waals surface area (Å²) in [7, 11) is 0. The first kappa shape index (κ1) is 17.5. The Morgan fingerprint density at radius 3 is 2.46 bits per heavy atom. The number of anilines is 1. The molecule has 1 aliphatic carbocycles. The molecule has 0 spiro atoms. The molecule has 4 heteroatoms. The first-order valence-corrected chi connectivity index (χ1v) is 9.10. The van der Waals surface area contributed by atoms with Gasteiger partial charge in [-0.3, -0.25) is 4.79 Å². The zero-order valence-electron chi connectivity index (χ0n) is 15.1. The van der Waals surface area contributed by atoms with Crippen LogP contribution in [-0.2, 0) is 4.79 Å². The van der Waals surface area contributed by atoms with Gasteiger partial charge in [0.1, 0.15) is 0 Å². The summed E-state index contributed by atoms with van der Waals surface area (Å²) in [5, 5.41) is 21.2. The molecule has 1 N–H and O–H groups in total. The van der Waals surface area contributed by atoms with E-state index < -0.39 is 0 Å². The van der Waals surface area contributed by atoms with Crippen LogP contribution in [0.1, 0.15) is 29.0 Å². The van der Waals surface area contributed by atoms with Crippen molar-refractivity contribution in [1.29, 1.82) is 10.5 Å². The molecule has 2 atom stereocenters. The van der Waals surface area contributed by atoms with Gasteiger partial charge in [-0.1, -0.05) is 42.5 Å². The molecule has 1 fully saturated rings. The number of carbonyl (C=O) groups is 1.